The van der Waals surface area contributed by atoms with Crippen molar-refractivity contribution < 1.29 is 4.79 Å². The molecule has 2 heterocycles. The van der Waals surface area contributed by atoms with Crippen LogP contribution in [-0.2, 0) is 11.2 Å². The van der Waals surface area contributed by atoms with E-state index >= 15 is 0 Å². The minimum Gasteiger partial charge on any atom is -0.337 e. The van der Waals surface area contributed by atoms with Crippen molar-refractivity contribution >= 4 is 58.0 Å². The SMILES string of the molecule is C[C@H]1CNCCN1C(=O)Cc1csc(-c2cccc(Br)c2)n1.Cl.Cl. The van der Waals surface area contributed by atoms with E-state index in [1.807, 2.05) is 34.5 Å². The van der Waals surface area contributed by atoms with Crippen LogP contribution in [0.3, 0.4) is 0 Å². The van der Waals surface area contributed by atoms with Gasteiger partial charge in [0.25, 0.3) is 0 Å². The van der Waals surface area contributed by atoms with Gasteiger partial charge in [-0.15, -0.1) is 36.2 Å². The van der Waals surface area contributed by atoms with Crippen molar-refractivity contribution in [2.24, 2.45) is 0 Å². The maximum absolute atomic E-state index is 12.4. The molecule has 1 aliphatic heterocycles. The van der Waals surface area contributed by atoms with Crippen LogP contribution in [0.15, 0.2) is 34.1 Å². The Balaban J connectivity index is 0.00000144. The number of rotatable bonds is 3. The Morgan fingerprint density at radius 1 is 1.46 bits per heavy atom. The Kier molecular flexibility index (Phi) is 8.67. The first-order valence-corrected chi connectivity index (χ1v) is 9.01. The summed E-state index contributed by atoms with van der Waals surface area (Å²) < 4.78 is 1.03. The Hall–Kier alpha value is -0.660. The highest BCUT2D eigenvalue weighted by atomic mass is 79.9. The van der Waals surface area contributed by atoms with Crippen LogP contribution in [0.5, 0.6) is 0 Å². The number of thiazole rings is 1. The van der Waals surface area contributed by atoms with Gasteiger partial charge in [-0.2, -0.15) is 0 Å². The lowest BCUT2D eigenvalue weighted by molar-refractivity contribution is -0.133. The molecule has 0 radical (unpaired) electrons. The van der Waals surface area contributed by atoms with Crippen LogP contribution in [0, 0.1) is 0 Å². The van der Waals surface area contributed by atoms with Crippen molar-refractivity contribution in [1.29, 1.82) is 0 Å². The first-order valence-electron chi connectivity index (χ1n) is 7.34. The van der Waals surface area contributed by atoms with Gasteiger partial charge in [0.1, 0.15) is 5.01 Å². The summed E-state index contributed by atoms with van der Waals surface area (Å²) in [7, 11) is 0. The van der Waals surface area contributed by atoms with Crippen molar-refractivity contribution in [1.82, 2.24) is 15.2 Å². The number of halogens is 3. The monoisotopic (exact) mass is 451 g/mol. The normalized spacial score (nSPS) is 16.9. The van der Waals surface area contributed by atoms with Crippen LogP contribution in [0.25, 0.3) is 10.6 Å². The molecule has 0 spiro atoms. The van der Waals surface area contributed by atoms with E-state index in [0.717, 1.165) is 40.4 Å². The van der Waals surface area contributed by atoms with Gasteiger partial charge < -0.3 is 10.2 Å². The van der Waals surface area contributed by atoms with Crippen molar-refractivity contribution in [2.75, 3.05) is 19.6 Å². The van der Waals surface area contributed by atoms with E-state index in [0.29, 0.717) is 6.42 Å². The Morgan fingerprint density at radius 2 is 2.25 bits per heavy atom. The lowest BCUT2D eigenvalue weighted by Gasteiger charge is -2.33. The smallest absolute Gasteiger partial charge is 0.228 e. The maximum atomic E-state index is 12.4. The molecule has 0 saturated carbocycles. The second-order valence-electron chi connectivity index (χ2n) is 5.47. The van der Waals surface area contributed by atoms with Crippen LogP contribution < -0.4 is 5.32 Å². The summed E-state index contributed by atoms with van der Waals surface area (Å²) in [6.45, 7) is 4.60. The molecule has 0 bridgehead atoms. The van der Waals surface area contributed by atoms with Gasteiger partial charge >= 0.3 is 0 Å². The molecule has 8 heteroatoms. The maximum Gasteiger partial charge on any atom is 0.228 e. The molecule has 132 valence electrons. The van der Waals surface area contributed by atoms with E-state index in [1.165, 1.54) is 0 Å². The third kappa shape index (κ3) is 5.17. The second-order valence-corrected chi connectivity index (χ2v) is 7.25. The van der Waals surface area contributed by atoms with E-state index in [1.54, 1.807) is 11.3 Å². The van der Waals surface area contributed by atoms with Gasteiger partial charge in [0, 0.05) is 41.1 Å². The van der Waals surface area contributed by atoms with E-state index in [-0.39, 0.29) is 36.8 Å². The van der Waals surface area contributed by atoms with Crippen LogP contribution in [-0.4, -0.2) is 41.5 Å². The topological polar surface area (TPSA) is 45.2 Å². The fourth-order valence-corrected chi connectivity index (χ4v) is 3.83. The average molecular weight is 453 g/mol. The Labute approximate surface area is 167 Å². The van der Waals surface area contributed by atoms with Crippen LogP contribution in [0.4, 0.5) is 0 Å². The predicted octanol–water partition coefficient (Wildman–Crippen LogP) is 3.78. The number of carbonyl (C=O) groups is 1. The van der Waals surface area contributed by atoms with Crippen LogP contribution in [0.1, 0.15) is 12.6 Å². The van der Waals surface area contributed by atoms with E-state index < -0.39 is 0 Å². The summed E-state index contributed by atoms with van der Waals surface area (Å²) in [5.74, 6) is 0.167. The molecule has 0 aliphatic carbocycles. The number of carbonyl (C=O) groups excluding carboxylic acids is 1. The molecule has 4 nitrogen and oxygen atoms in total. The third-order valence-electron chi connectivity index (χ3n) is 3.78. The van der Waals surface area contributed by atoms with Crippen LogP contribution >= 0.6 is 52.1 Å². The zero-order chi connectivity index (χ0) is 15.5. The largest absolute Gasteiger partial charge is 0.337 e. The molecule has 1 saturated heterocycles. The number of nitrogens with one attached hydrogen (secondary N) is 1. The van der Waals surface area contributed by atoms with Gasteiger partial charge in [0.05, 0.1) is 12.1 Å². The first kappa shape index (κ1) is 21.4. The highest BCUT2D eigenvalue weighted by molar-refractivity contribution is 9.10. The number of piperazine rings is 1. The summed E-state index contributed by atoms with van der Waals surface area (Å²) in [5.41, 5.74) is 1.93. The van der Waals surface area contributed by atoms with Gasteiger partial charge in [-0.3, -0.25) is 4.79 Å². The quantitative estimate of drug-likeness (QED) is 0.770. The van der Waals surface area contributed by atoms with Gasteiger partial charge in [0.2, 0.25) is 5.91 Å². The minimum absolute atomic E-state index is 0. The van der Waals surface area contributed by atoms with E-state index in [4.69, 9.17) is 0 Å². The molecular formula is C16H20BrCl2N3OS. The molecular weight excluding hydrogens is 433 g/mol. The summed E-state index contributed by atoms with van der Waals surface area (Å²) in [5, 5.41) is 6.25. The molecule has 0 unspecified atom stereocenters. The molecule has 2 aromatic rings. The molecule has 1 aromatic heterocycles. The summed E-state index contributed by atoms with van der Waals surface area (Å²) >= 11 is 5.06. The highest BCUT2D eigenvalue weighted by Gasteiger charge is 2.23. The molecule has 1 N–H and O–H groups in total. The first-order chi connectivity index (χ1) is 10.6. The lowest BCUT2D eigenvalue weighted by atomic mass is 10.2. The van der Waals surface area contributed by atoms with E-state index in [9.17, 15) is 4.79 Å². The summed E-state index contributed by atoms with van der Waals surface area (Å²) in [6, 6.07) is 8.32. The molecule has 24 heavy (non-hydrogen) atoms. The predicted molar refractivity (Wildman–Crippen MR) is 107 cm³/mol. The number of aromatic nitrogens is 1. The minimum atomic E-state index is 0. The Bertz CT molecular complexity index is 683. The van der Waals surface area contributed by atoms with Gasteiger partial charge in [-0.25, -0.2) is 4.98 Å². The van der Waals surface area contributed by atoms with Gasteiger partial charge in [-0.1, -0.05) is 28.1 Å². The molecule has 1 atom stereocenters. The summed E-state index contributed by atoms with van der Waals surface area (Å²) in [4.78, 5) is 19.0. The van der Waals surface area contributed by atoms with Crippen molar-refractivity contribution in [3.63, 3.8) is 0 Å². The van der Waals surface area contributed by atoms with Crippen molar-refractivity contribution in [3.8, 4) is 10.6 Å². The van der Waals surface area contributed by atoms with Gasteiger partial charge in [0.15, 0.2) is 0 Å². The molecule has 1 aromatic carbocycles. The standard InChI is InChI=1S/C16H18BrN3OS.2ClH/c1-11-9-18-5-6-20(11)15(21)8-14-10-22-16(19-14)12-3-2-4-13(17)7-12;;/h2-4,7,10-11,18H,5-6,8-9H2,1H3;2*1H/t11-;;/m0../s1. The van der Waals surface area contributed by atoms with Gasteiger partial charge in [-0.05, 0) is 19.1 Å². The second kappa shape index (κ2) is 9.73. The number of hydrogen-bond donors (Lipinski definition) is 1. The Morgan fingerprint density at radius 3 is 2.96 bits per heavy atom. The third-order valence-corrected chi connectivity index (χ3v) is 5.21. The van der Waals surface area contributed by atoms with Crippen molar-refractivity contribution in [3.05, 3.63) is 39.8 Å². The molecule has 1 fully saturated rings. The number of nitrogens with zero attached hydrogens (tertiary/aromatic N) is 2. The highest BCUT2D eigenvalue weighted by Crippen LogP contribution is 2.26. The molecule has 1 amide bonds. The molecule has 1 aliphatic rings. The average Bonchev–Trinajstić information content (AvgIpc) is 2.96. The zero-order valence-electron chi connectivity index (χ0n) is 13.2. The van der Waals surface area contributed by atoms with Crippen LogP contribution in [0.2, 0.25) is 0 Å². The number of benzene rings is 1. The fraction of sp³-hybridized carbons (Fsp3) is 0.375. The number of amides is 1. The molecule has 3 rings (SSSR count). The zero-order valence-corrected chi connectivity index (χ0v) is 17.2. The number of hydrogen-bond acceptors (Lipinski definition) is 4. The lowest BCUT2D eigenvalue weighted by Crippen LogP contribution is -2.52. The van der Waals surface area contributed by atoms with E-state index in [2.05, 4.69) is 33.2 Å². The van der Waals surface area contributed by atoms with Crippen molar-refractivity contribution in [2.45, 2.75) is 19.4 Å². The fourth-order valence-electron chi connectivity index (χ4n) is 2.61. The summed E-state index contributed by atoms with van der Waals surface area (Å²) in [6.07, 6.45) is 0.384.